The lowest BCUT2D eigenvalue weighted by molar-refractivity contribution is -0.148. The highest BCUT2D eigenvalue weighted by molar-refractivity contribution is 5.69. The predicted molar refractivity (Wildman–Crippen MR) is 132 cm³/mol. The van der Waals surface area contributed by atoms with Crippen molar-refractivity contribution in [2.24, 2.45) is 11.8 Å². The first-order valence-electron chi connectivity index (χ1n) is 12.7. The van der Waals surface area contributed by atoms with Crippen LogP contribution in [-0.4, -0.2) is 46.6 Å². The third-order valence-corrected chi connectivity index (χ3v) is 6.47. The number of rotatable bonds is 14. The second kappa shape index (κ2) is 14.9. The summed E-state index contributed by atoms with van der Waals surface area (Å²) in [6, 6.07) is 10.1. The molecule has 1 saturated carbocycles. The van der Waals surface area contributed by atoms with Crippen molar-refractivity contribution in [3.05, 3.63) is 48.0 Å². The van der Waals surface area contributed by atoms with Crippen molar-refractivity contribution in [1.29, 1.82) is 0 Å². The Bertz CT molecular complexity index is 759. The van der Waals surface area contributed by atoms with Gasteiger partial charge in [0.1, 0.15) is 6.10 Å². The molecule has 0 spiro atoms. The molecule has 0 aromatic heterocycles. The minimum atomic E-state index is -0.550. The zero-order valence-corrected chi connectivity index (χ0v) is 20.9. The topological polar surface area (TPSA) is 93.1 Å². The van der Waals surface area contributed by atoms with E-state index in [9.17, 15) is 19.8 Å². The fourth-order valence-electron chi connectivity index (χ4n) is 4.81. The molecule has 190 valence electrons. The Kier molecular flexibility index (Phi) is 12.3. The molecule has 34 heavy (non-hydrogen) atoms. The number of ether oxygens (including phenoxy) is 2. The number of unbranched alkanes of at least 4 members (excludes halogenated alkanes) is 1. The number of hydrogen-bond acceptors (Lipinski definition) is 6. The van der Waals surface area contributed by atoms with Crippen LogP contribution in [0.1, 0.15) is 77.7 Å². The van der Waals surface area contributed by atoms with E-state index in [-0.39, 0.29) is 36.0 Å². The van der Waals surface area contributed by atoms with Crippen LogP contribution in [0.15, 0.2) is 42.5 Å². The molecule has 1 unspecified atom stereocenters. The van der Waals surface area contributed by atoms with Gasteiger partial charge < -0.3 is 19.7 Å². The summed E-state index contributed by atoms with van der Waals surface area (Å²) >= 11 is 0. The maximum atomic E-state index is 11.6. The smallest absolute Gasteiger partial charge is 0.306 e. The Labute approximate surface area is 204 Å². The van der Waals surface area contributed by atoms with Crippen molar-refractivity contribution in [3.63, 3.8) is 0 Å². The Balaban J connectivity index is 1.82. The van der Waals surface area contributed by atoms with Gasteiger partial charge in [-0.25, -0.2) is 0 Å². The minimum absolute atomic E-state index is 0.0238. The lowest BCUT2D eigenvalue weighted by Gasteiger charge is -2.25. The highest BCUT2D eigenvalue weighted by atomic mass is 16.5. The third-order valence-electron chi connectivity index (χ3n) is 6.47. The fraction of sp³-hybridized carbons (Fsp3) is 0.643. The molecular weight excluding hydrogens is 432 g/mol. The molecule has 1 aromatic rings. The van der Waals surface area contributed by atoms with Gasteiger partial charge in [-0.15, -0.1) is 0 Å². The lowest BCUT2D eigenvalue weighted by atomic mass is 9.85. The molecule has 0 bridgehead atoms. The van der Waals surface area contributed by atoms with Gasteiger partial charge in [-0.3, -0.25) is 9.59 Å². The van der Waals surface area contributed by atoms with Gasteiger partial charge in [0.05, 0.1) is 18.3 Å². The van der Waals surface area contributed by atoms with E-state index in [1.807, 2.05) is 44.2 Å². The number of carbonyl (C=O) groups excluding carboxylic acids is 2. The Morgan fingerprint density at radius 2 is 1.74 bits per heavy atom. The van der Waals surface area contributed by atoms with E-state index in [0.717, 1.165) is 25.7 Å². The number of aliphatic hydroxyl groups excluding tert-OH is 2. The van der Waals surface area contributed by atoms with Crippen LogP contribution in [0.3, 0.4) is 0 Å². The summed E-state index contributed by atoms with van der Waals surface area (Å²) in [4.78, 5) is 23.2. The molecule has 6 heteroatoms. The predicted octanol–water partition coefficient (Wildman–Crippen LogP) is 4.76. The monoisotopic (exact) mass is 474 g/mol. The van der Waals surface area contributed by atoms with Gasteiger partial charge in [-0.2, -0.15) is 0 Å². The molecule has 1 aliphatic carbocycles. The largest absolute Gasteiger partial charge is 0.463 e. The fourth-order valence-corrected chi connectivity index (χ4v) is 4.81. The van der Waals surface area contributed by atoms with E-state index in [2.05, 4.69) is 12.1 Å². The van der Waals surface area contributed by atoms with Crippen LogP contribution in [-0.2, 0) is 25.5 Å². The summed E-state index contributed by atoms with van der Waals surface area (Å²) in [5, 5.41) is 21.1. The Morgan fingerprint density at radius 1 is 1.03 bits per heavy atom. The summed E-state index contributed by atoms with van der Waals surface area (Å²) < 4.78 is 10.7. The van der Waals surface area contributed by atoms with Crippen molar-refractivity contribution in [3.8, 4) is 0 Å². The molecule has 0 radical (unpaired) electrons. The molecule has 5 atom stereocenters. The first kappa shape index (κ1) is 28.1. The van der Waals surface area contributed by atoms with E-state index in [0.29, 0.717) is 32.1 Å². The molecule has 6 nitrogen and oxygen atoms in total. The van der Waals surface area contributed by atoms with Crippen LogP contribution in [0, 0.1) is 11.8 Å². The zero-order valence-electron chi connectivity index (χ0n) is 20.9. The Morgan fingerprint density at radius 3 is 2.41 bits per heavy atom. The molecule has 1 aromatic carbocycles. The summed E-state index contributed by atoms with van der Waals surface area (Å²) in [5.74, 6) is -0.520. The summed E-state index contributed by atoms with van der Waals surface area (Å²) in [5.41, 5.74) is 1.21. The van der Waals surface area contributed by atoms with Crippen LogP contribution in [0.2, 0.25) is 0 Å². The number of benzene rings is 1. The van der Waals surface area contributed by atoms with E-state index < -0.39 is 12.2 Å². The lowest BCUT2D eigenvalue weighted by Crippen LogP contribution is -2.25. The van der Waals surface area contributed by atoms with E-state index in [4.69, 9.17) is 9.47 Å². The van der Waals surface area contributed by atoms with Crippen LogP contribution in [0.4, 0.5) is 0 Å². The number of aryl methyl sites for hydroxylation is 1. The van der Waals surface area contributed by atoms with Crippen LogP contribution in [0.25, 0.3) is 0 Å². The summed E-state index contributed by atoms with van der Waals surface area (Å²) in [7, 11) is 0. The molecule has 2 rings (SSSR count). The van der Waals surface area contributed by atoms with Crippen LogP contribution >= 0.6 is 0 Å². The number of esters is 2. The van der Waals surface area contributed by atoms with Crippen molar-refractivity contribution >= 4 is 11.9 Å². The van der Waals surface area contributed by atoms with Gasteiger partial charge in [0.2, 0.25) is 0 Å². The first-order valence-corrected chi connectivity index (χ1v) is 12.7. The average Bonchev–Trinajstić information content (AvgIpc) is 3.04. The van der Waals surface area contributed by atoms with Crippen molar-refractivity contribution in [2.45, 2.75) is 103 Å². The molecule has 0 heterocycles. The SMILES string of the molecule is CC(=O)O[C@@H](CCc1ccccc1)CC[C@H]1C(O)C[C@H](O)[C@@H]1C/C=C\CCCC(=O)OC(C)C. The number of carbonyl (C=O) groups is 2. The summed E-state index contributed by atoms with van der Waals surface area (Å²) in [6.45, 7) is 5.11. The van der Waals surface area contributed by atoms with Crippen LogP contribution in [0.5, 0.6) is 0 Å². The molecule has 0 saturated heterocycles. The Hall–Kier alpha value is -2.18. The van der Waals surface area contributed by atoms with Gasteiger partial charge in [-0.1, -0.05) is 42.5 Å². The molecule has 2 N–H and O–H groups in total. The first-order chi connectivity index (χ1) is 16.3. The van der Waals surface area contributed by atoms with E-state index in [1.54, 1.807) is 0 Å². The molecular formula is C28H42O6. The zero-order chi connectivity index (χ0) is 24.9. The van der Waals surface area contributed by atoms with Gasteiger partial charge in [0, 0.05) is 13.3 Å². The van der Waals surface area contributed by atoms with Gasteiger partial charge in [-0.05, 0) is 82.6 Å². The number of aliphatic hydroxyl groups is 2. The van der Waals surface area contributed by atoms with Gasteiger partial charge >= 0.3 is 11.9 Å². The average molecular weight is 475 g/mol. The number of allylic oxidation sites excluding steroid dienone is 2. The van der Waals surface area contributed by atoms with Gasteiger partial charge in [0.15, 0.2) is 0 Å². The molecule has 1 fully saturated rings. The highest BCUT2D eigenvalue weighted by Crippen LogP contribution is 2.38. The molecule has 0 aliphatic heterocycles. The van der Waals surface area contributed by atoms with Crippen molar-refractivity contribution < 1.29 is 29.3 Å². The second-order valence-corrected chi connectivity index (χ2v) is 9.67. The molecule has 1 aliphatic rings. The maximum absolute atomic E-state index is 11.6. The van der Waals surface area contributed by atoms with Crippen molar-refractivity contribution in [1.82, 2.24) is 0 Å². The standard InChI is InChI=1S/C28H42O6/c1-20(2)33-28(32)14-10-5-4-9-13-24-25(27(31)19-26(24)30)18-17-23(34-21(3)29)16-15-22-11-7-6-8-12-22/h4,6-9,11-12,20,23-27,30-31H,5,10,13-19H2,1-3H3/b9-4-/t23-,24+,25+,26-,27?/m0/s1. The minimum Gasteiger partial charge on any atom is -0.463 e. The third kappa shape index (κ3) is 10.4. The van der Waals surface area contributed by atoms with E-state index >= 15 is 0 Å². The van der Waals surface area contributed by atoms with E-state index in [1.165, 1.54) is 12.5 Å². The van der Waals surface area contributed by atoms with Crippen LogP contribution < -0.4 is 0 Å². The number of hydrogen-bond donors (Lipinski definition) is 2. The highest BCUT2D eigenvalue weighted by Gasteiger charge is 2.40. The quantitative estimate of drug-likeness (QED) is 0.229. The molecule has 0 amide bonds. The maximum Gasteiger partial charge on any atom is 0.306 e. The van der Waals surface area contributed by atoms with Gasteiger partial charge in [0.25, 0.3) is 0 Å². The summed E-state index contributed by atoms with van der Waals surface area (Å²) in [6.07, 6.45) is 8.60. The normalized spacial score (nSPS) is 23.4. The second-order valence-electron chi connectivity index (χ2n) is 9.67. The van der Waals surface area contributed by atoms with Crippen molar-refractivity contribution in [2.75, 3.05) is 0 Å².